The number of amides is 1. The molecule has 3 rings (SSSR count). The van der Waals surface area contributed by atoms with E-state index >= 15 is 0 Å². The number of aromatic nitrogens is 2. The minimum Gasteiger partial charge on any atom is -0.381 e. The van der Waals surface area contributed by atoms with E-state index in [4.69, 9.17) is 0 Å². The minimum absolute atomic E-state index is 0.0244. The number of aryl methyl sites for hydroxylation is 2. The predicted molar refractivity (Wildman–Crippen MR) is 96.2 cm³/mol. The van der Waals surface area contributed by atoms with Crippen molar-refractivity contribution in [1.29, 1.82) is 0 Å². The molecule has 1 aromatic heterocycles. The van der Waals surface area contributed by atoms with Crippen LogP contribution in [0.1, 0.15) is 12.5 Å². The summed E-state index contributed by atoms with van der Waals surface area (Å²) < 4.78 is 3.30. The Morgan fingerprint density at radius 3 is 2.25 bits per heavy atom. The second-order valence-corrected chi connectivity index (χ2v) is 5.84. The van der Waals surface area contributed by atoms with E-state index in [1.165, 1.54) is 6.92 Å². The Hall–Kier alpha value is -3.02. The molecule has 0 spiro atoms. The van der Waals surface area contributed by atoms with Crippen molar-refractivity contribution in [3.8, 4) is 0 Å². The third-order valence-electron chi connectivity index (χ3n) is 4.04. The zero-order valence-corrected chi connectivity index (χ0v) is 14.0. The Kier molecular flexibility index (Phi) is 4.12. The molecule has 124 valence electrons. The third-order valence-corrected chi connectivity index (χ3v) is 4.04. The molecule has 2 aromatic carbocycles. The van der Waals surface area contributed by atoms with E-state index in [1.807, 2.05) is 42.5 Å². The monoisotopic (exact) mass is 324 g/mol. The molecule has 2 N–H and O–H groups in total. The van der Waals surface area contributed by atoms with Crippen LogP contribution in [0.4, 0.5) is 11.4 Å². The third kappa shape index (κ3) is 3.03. The Bertz CT molecular complexity index is 952. The SMILES string of the molecule is CC(=O)Nc1ccc(NCc2ccc3c(c2)n(C)c(=O)n3C)cc1. The van der Waals surface area contributed by atoms with Gasteiger partial charge in [0.25, 0.3) is 0 Å². The number of rotatable bonds is 4. The molecule has 6 heteroatoms. The predicted octanol–water partition coefficient (Wildman–Crippen LogP) is 2.45. The summed E-state index contributed by atoms with van der Waals surface area (Å²) in [4.78, 5) is 23.0. The van der Waals surface area contributed by atoms with Gasteiger partial charge in [-0.2, -0.15) is 0 Å². The molecule has 1 heterocycles. The zero-order valence-electron chi connectivity index (χ0n) is 14.0. The minimum atomic E-state index is -0.0857. The van der Waals surface area contributed by atoms with E-state index < -0.39 is 0 Å². The van der Waals surface area contributed by atoms with Crippen molar-refractivity contribution < 1.29 is 4.79 Å². The normalized spacial score (nSPS) is 10.8. The van der Waals surface area contributed by atoms with Crippen LogP contribution in [-0.2, 0) is 25.4 Å². The summed E-state index contributed by atoms with van der Waals surface area (Å²) in [5, 5.41) is 6.08. The van der Waals surface area contributed by atoms with Crippen molar-refractivity contribution >= 4 is 28.3 Å². The lowest BCUT2D eigenvalue weighted by Gasteiger charge is -2.08. The van der Waals surface area contributed by atoms with Crippen LogP contribution in [0.2, 0.25) is 0 Å². The van der Waals surface area contributed by atoms with Crippen molar-refractivity contribution in [2.75, 3.05) is 10.6 Å². The average molecular weight is 324 g/mol. The Balaban J connectivity index is 1.75. The largest absolute Gasteiger partial charge is 0.381 e. The average Bonchev–Trinajstić information content (AvgIpc) is 2.78. The smallest absolute Gasteiger partial charge is 0.328 e. The molecule has 0 radical (unpaired) electrons. The molecule has 0 atom stereocenters. The molecule has 0 bridgehead atoms. The van der Waals surface area contributed by atoms with Crippen molar-refractivity contribution in [3.63, 3.8) is 0 Å². The summed E-state index contributed by atoms with van der Waals surface area (Å²) in [7, 11) is 3.56. The molecule has 0 saturated heterocycles. The van der Waals surface area contributed by atoms with E-state index in [0.29, 0.717) is 6.54 Å². The number of anilines is 2. The Labute approximate surface area is 139 Å². The number of benzene rings is 2. The molecule has 1 amide bonds. The Morgan fingerprint density at radius 2 is 1.58 bits per heavy atom. The number of imidazole rings is 1. The van der Waals surface area contributed by atoms with Gasteiger partial charge in [0, 0.05) is 38.9 Å². The van der Waals surface area contributed by atoms with Crippen LogP contribution in [0.15, 0.2) is 47.3 Å². The highest BCUT2D eigenvalue weighted by molar-refractivity contribution is 5.88. The second-order valence-electron chi connectivity index (χ2n) is 5.84. The van der Waals surface area contributed by atoms with Gasteiger partial charge >= 0.3 is 5.69 Å². The van der Waals surface area contributed by atoms with Crippen LogP contribution >= 0.6 is 0 Å². The van der Waals surface area contributed by atoms with Gasteiger partial charge in [0.2, 0.25) is 5.91 Å². The number of carbonyl (C=O) groups is 1. The van der Waals surface area contributed by atoms with E-state index in [1.54, 1.807) is 23.2 Å². The number of hydrogen-bond donors (Lipinski definition) is 2. The maximum atomic E-state index is 12.0. The van der Waals surface area contributed by atoms with Crippen molar-refractivity contribution in [2.24, 2.45) is 14.1 Å². The van der Waals surface area contributed by atoms with Crippen LogP contribution in [0, 0.1) is 0 Å². The number of nitrogens with one attached hydrogen (secondary N) is 2. The lowest BCUT2D eigenvalue weighted by Crippen LogP contribution is -2.19. The number of hydrogen-bond acceptors (Lipinski definition) is 3. The molecule has 0 fully saturated rings. The fraction of sp³-hybridized carbons (Fsp3) is 0.222. The van der Waals surface area contributed by atoms with Gasteiger partial charge in [0.15, 0.2) is 0 Å². The summed E-state index contributed by atoms with van der Waals surface area (Å²) >= 11 is 0. The van der Waals surface area contributed by atoms with Gasteiger partial charge in [-0.15, -0.1) is 0 Å². The molecule has 3 aromatic rings. The quantitative estimate of drug-likeness (QED) is 0.774. The van der Waals surface area contributed by atoms with Gasteiger partial charge in [0.05, 0.1) is 11.0 Å². The number of nitrogens with zero attached hydrogens (tertiary/aromatic N) is 2. The molecular weight excluding hydrogens is 304 g/mol. The fourth-order valence-corrected chi connectivity index (χ4v) is 2.74. The molecule has 0 saturated carbocycles. The van der Waals surface area contributed by atoms with Gasteiger partial charge in [-0.3, -0.25) is 13.9 Å². The first-order valence-corrected chi connectivity index (χ1v) is 7.71. The second kappa shape index (κ2) is 6.23. The molecule has 0 unspecified atom stereocenters. The summed E-state index contributed by atoms with van der Waals surface area (Å²) in [6, 6.07) is 13.6. The highest BCUT2D eigenvalue weighted by Gasteiger charge is 2.08. The number of fused-ring (bicyclic) bond motifs is 1. The van der Waals surface area contributed by atoms with E-state index in [-0.39, 0.29) is 11.6 Å². The Morgan fingerprint density at radius 1 is 0.958 bits per heavy atom. The number of carbonyl (C=O) groups excluding carboxylic acids is 1. The zero-order chi connectivity index (χ0) is 17.3. The van der Waals surface area contributed by atoms with Gasteiger partial charge in [-0.05, 0) is 42.0 Å². The van der Waals surface area contributed by atoms with E-state index in [9.17, 15) is 9.59 Å². The van der Waals surface area contributed by atoms with Crippen LogP contribution < -0.4 is 16.3 Å². The van der Waals surface area contributed by atoms with Crippen molar-refractivity contribution in [3.05, 3.63) is 58.5 Å². The standard InChI is InChI=1S/C18H20N4O2/c1-12(23)20-15-7-5-14(6-8-15)19-11-13-4-9-16-17(10-13)22(3)18(24)21(16)2/h4-10,19H,11H2,1-3H3,(H,20,23). The van der Waals surface area contributed by atoms with Gasteiger partial charge < -0.3 is 10.6 Å². The summed E-state index contributed by atoms with van der Waals surface area (Å²) in [5.41, 5.74) is 4.65. The van der Waals surface area contributed by atoms with Crippen molar-refractivity contribution in [1.82, 2.24) is 9.13 Å². The molecule has 0 aliphatic rings. The fourth-order valence-electron chi connectivity index (χ4n) is 2.74. The van der Waals surface area contributed by atoms with Crippen molar-refractivity contribution in [2.45, 2.75) is 13.5 Å². The lowest BCUT2D eigenvalue weighted by atomic mass is 10.2. The highest BCUT2D eigenvalue weighted by Crippen LogP contribution is 2.17. The summed E-state index contributed by atoms with van der Waals surface area (Å²) in [6.45, 7) is 2.14. The molecule has 24 heavy (non-hydrogen) atoms. The van der Waals surface area contributed by atoms with E-state index in [2.05, 4.69) is 10.6 Å². The summed E-state index contributed by atoms with van der Waals surface area (Å²) in [6.07, 6.45) is 0. The van der Waals surface area contributed by atoms with Crippen LogP contribution in [-0.4, -0.2) is 15.0 Å². The topological polar surface area (TPSA) is 68.1 Å². The lowest BCUT2D eigenvalue weighted by molar-refractivity contribution is -0.114. The van der Waals surface area contributed by atoms with Crippen LogP contribution in [0.3, 0.4) is 0 Å². The molecular formula is C18H20N4O2. The highest BCUT2D eigenvalue weighted by atomic mass is 16.2. The molecule has 6 nitrogen and oxygen atoms in total. The molecule has 0 aliphatic carbocycles. The van der Waals surface area contributed by atoms with Gasteiger partial charge in [-0.25, -0.2) is 4.79 Å². The van der Waals surface area contributed by atoms with Crippen LogP contribution in [0.5, 0.6) is 0 Å². The summed E-state index contributed by atoms with van der Waals surface area (Å²) in [5.74, 6) is -0.0857. The maximum Gasteiger partial charge on any atom is 0.328 e. The first-order chi connectivity index (χ1) is 11.5. The first kappa shape index (κ1) is 15.9. The first-order valence-electron chi connectivity index (χ1n) is 7.71. The van der Waals surface area contributed by atoms with Crippen LogP contribution in [0.25, 0.3) is 11.0 Å². The van der Waals surface area contributed by atoms with Gasteiger partial charge in [0.1, 0.15) is 0 Å². The van der Waals surface area contributed by atoms with Gasteiger partial charge in [-0.1, -0.05) is 6.07 Å². The van der Waals surface area contributed by atoms with E-state index in [0.717, 1.165) is 28.0 Å². The molecule has 0 aliphatic heterocycles. The maximum absolute atomic E-state index is 12.0.